The molecule has 3 aromatic rings. The molecule has 1 heterocycles. The van der Waals surface area contributed by atoms with E-state index < -0.39 is 0 Å². The van der Waals surface area contributed by atoms with E-state index in [9.17, 15) is 4.79 Å². The van der Waals surface area contributed by atoms with Crippen molar-refractivity contribution in [2.24, 2.45) is 0 Å². The number of aryl methyl sites for hydroxylation is 1. The third-order valence-electron chi connectivity index (χ3n) is 4.35. The van der Waals surface area contributed by atoms with Gasteiger partial charge in [0.25, 0.3) is 0 Å². The molecule has 1 aromatic heterocycles. The monoisotopic (exact) mass is 430 g/mol. The lowest BCUT2D eigenvalue weighted by atomic mass is 10.1. The molecule has 1 atom stereocenters. The van der Waals surface area contributed by atoms with Gasteiger partial charge in [-0.25, -0.2) is 0 Å². The molecule has 3 rings (SSSR count). The lowest BCUT2D eigenvalue weighted by Crippen LogP contribution is -2.28. The maximum absolute atomic E-state index is 12.4. The maximum Gasteiger partial charge on any atom is 0.230 e. The number of nitrogens with one attached hydrogen (secondary N) is 1. The van der Waals surface area contributed by atoms with Gasteiger partial charge in [-0.3, -0.25) is 9.36 Å². The van der Waals surface area contributed by atoms with Crippen LogP contribution in [0, 0.1) is 6.92 Å². The molecular formula is C21H23ClN4O2S. The highest BCUT2D eigenvalue weighted by Gasteiger charge is 2.13. The Hall–Kier alpha value is -2.51. The van der Waals surface area contributed by atoms with Gasteiger partial charge < -0.3 is 10.1 Å². The summed E-state index contributed by atoms with van der Waals surface area (Å²) in [5.74, 6) is 0.980. The molecule has 0 saturated carbocycles. The van der Waals surface area contributed by atoms with E-state index in [0.29, 0.717) is 16.8 Å². The van der Waals surface area contributed by atoms with Crippen LogP contribution in [0.4, 0.5) is 0 Å². The smallest absolute Gasteiger partial charge is 0.230 e. The quantitative estimate of drug-likeness (QED) is 0.529. The molecule has 8 heteroatoms. The van der Waals surface area contributed by atoms with E-state index >= 15 is 0 Å². The number of halogens is 1. The van der Waals surface area contributed by atoms with Crippen molar-refractivity contribution in [3.8, 4) is 11.4 Å². The van der Waals surface area contributed by atoms with Gasteiger partial charge >= 0.3 is 0 Å². The molecule has 0 bridgehead atoms. The molecule has 1 N–H and O–H groups in total. The van der Waals surface area contributed by atoms with Crippen LogP contribution >= 0.6 is 23.4 Å². The Labute approximate surface area is 179 Å². The standard InChI is InChI=1S/C21H23ClN4O2S/c1-4-28-18-9-6-16(7-10-18)15(3)24-20(27)12-29-21-25-23-13-26(21)17-8-5-14(2)19(22)11-17/h5-11,13,15H,4,12H2,1-3H3,(H,24,27). The number of ether oxygens (including phenoxy) is 1. The SMILES string of the molecule is CCOc1ccc(C(C)NC(=O)CSc2nncn2-c2ccc(C)c(Cl)c2)cc1. The lowest BCUT2D eigenvalue weighted by molar-refractivity contribution is -0.119. The van der Waals surface area contributed by atoms with E-state index in [1.54, 1.807) is 6.33 Å². The average Bonchev–Trinajstić information content (AvgIpc) is 3.18. The van der Waals surface area contributed by atoms with E-state index in [2.05, 4.69) is 15.5 Å². The molecule has 2 aromatic carbocycles. The van der Waals surface area contributed by atoms with Crippen LogP contribution in [0.5, 0.6) is 5.75 Å². The van der Waals surface area contributed by atoms with E-state index in [4.69, 9.17) is 16.3 Å². The molecule has 0 aliphatic heterocycles. The first-order valence-corrected chi connectivity index (χ1v) is 10.7. The minimum atomic E-state index is -0.104. The summed E-state index contributed by atoms with van der Waals surface area (Å²) in [6.45, 7) is 6.48. The number of thioether (sulfide) groups is 1. The van der Waals surface area contributed by atoms with Crippen LogP contribution in [-0.4, -0.2) is 33.0 Å². The first kappa shape index (κ1) is 21.2. The number of carbonyl (C=O) groups excluding carboxylic acids is 1. The third kappa shape index (κ3) is 5.52. The Morgan fingerprint density at radius 3 is 2.72 bits per heavy atom. The van der Waals surface area contributed by atoms with Gasteiger partial charge in [0.05, 0.1) is 24.1 Å². The number of amides is 1. The van der Waals surface area contributed by atoms with Crippen LogP contribution in [0.25, 0.3) is 5.69 Å². The van der Waals surface area contributed by atoms with Crippen molar-refractivity contribution in [1.29, 1.82) is 0 Å². The van der Waals surface area contributed by atoms with Gasteiger partial charge in [-0.1, -0.05) is 41.6 Å². The van der Waals surface area contributed by atoms with E-state index in [0.717, 1.165) is 22.6 Å². The Kier molecular flexibility index (Phi) is 7.17. The zero-order valence-corrected chi connectivity index (χ0v) is 18.1. The second-order valence-corrected chi connectivity index (χ2v) is 7.85. The van der Waals surface area contributed by atoms with Crippen molar-refractivity contribution in [1.82, 2.24) is 20.1 Å². The van der Waals surface area contributed by atoms with Crippen LogP contribution in [0.1, 0.15) is 31.0 Å². The Morgan fingerprint density at radius 2 is 2.03 bits per heavy atom. The number of benzene rings is 2. The molecule has 0 saturated heterocycles. The molecule has 0 fully saturated rings. The van der Waals surface area contributed by atoms with Crippen molar-refractivity contribution >= 4 is 29.3 Å². The summed E-state index contributed by atoms with van der Waals surface area (Å²) < 4.78 is 7.27. The molecule has 1 amide bonds. The van der Waals surface area contributed by atoms with Crippen LogP contribution in [0.2, 0.25) is 5.02 Å². The Balaban J connectivity index is 1.58. The second-order valence-electron chi connectivity index (χ2n) is 6.50. The summed E-state index contributed by atoms with van der Waals surface area (Å²) in [6.07, 6.45) is 1.61. The van der Waals surface area contributed by atoms with E-state index in [1.807, 2.05) is 67.8 Å². The number of aromatic nitrogens is 3. The van der Waals surface area contributed by atoms with Crippen molar-refractivity contribution in [3.63, 3.8) is 0 Å². The summed E-state index contributed by atoms with van der Waals surface area (Å²) >= 11 is 7.55. The molecular weight excluding hydrogens is 408 g/mol. The van der Waals surface area contributed by atoms with Crippen molar-refractivity contribution < 1.29 is 9.53 Å². The molecule has 29 heavy (non-hydrogen) atoms. The predicted molar refractivity (Wildman–Crippen MR) is 116 cm³/mol. The molecule has 0 aliphatic carbocycles. The van der Waals surface area contributed by atoms with E-state index in [1.165, 1.54) is 11.8 Å². The summed E-state index contributed by atoms with van der Waals surface area (Å²) in [5.41, 5.74) is 2.88. The van der Waals surface area contributed by atoms with Crippen molar-refractivity contribution in [2.45, 2.75) is 32.0 Å². The summed E-state index contributed by atoms with van der Waals surface area (Å²) in [6, 6.07) is 13.4. The topological polar surface area (TPSA) is 69.0 Å². The lowest BCUT2D eigenvalue weighted by Gasteiger charge is -2.15. The fourth-order valence-electron chi connectivity index (χ4n) is 2.75. The van der Waals surface area contributed by atoms with Gasteiger partial charge in [-0.15, -0.1) is 10.2 Å². The zero-order valence-electron chi connectivity index (χ0n) is 16.6. The average molecular weight is 431 g/mol. The first-order chi connectivity index (χ1) is 14.0. The van der Waals surface area contributed by atoms with Gasteiger partial charge in [-0.05, 0) is 56.2 Å². The van der Waals surface area contributed by atoms with Crippen LogP contribution in [0.15, 0.2) is 53.9 Å². The fourth-order valence-corrected chi connectivity index (χ4v) is 3.66. The number of carbonyl (C=O) groups is 1. The van der Waals surface area contributed by atoms with Gasteiger partial charge in [0.1, 0.15) is 12.1 Å². The fraction of sp³-hybridized carbons (Fsp3) is 0.286. The van der Waals surface area contributed by atoms with E-state index in [-0.39, 0.29) is 17.7 Å². The van der Waals surface area contributed by atoms with Crippen LogP contribution in [-0.2, 0) is 4.79 Å². The van der Waals surface area contributed by atoms with Gasteiger partial charge in [0.15, 0.2) is 5.16 Å². The van der Waals surface area contributed by atoms with Gasteiger partial charge in [0.2, 0.25) is 5.91 Å². The Bertz CT molecular complexity index is 975. The van der Waals surface area contributed by atoms with Gasteiger partial charge in [-0.2, -0.15) is 0 Å². The molecule has 6 nitrogen and oxygen atoms in total. The van der Waals surface area contributed by atoms with Crippen molar-refractivity contribution in [3.05, 3.63) is 64.9 Å². The normalized spacial score (nSPS) is 11.9. The molecule has 0 aliphatic rings. The van der Waals surface area contributed by atoms with Crippen LogP contribution < -0.4 is 10.1 Å². The molecule has 1 unspecified atom stereocenters. The predicted octanol–water partition coefficient (Wildman–Crippen LogP) is 4.60. The highest BCUT2D eigenvalue weighted by Crippen LogP contribution is 2.24. The molecule has 152 valence electrons. The molecule has 0 radical (unpaired) electrons. The number of hydrogen-bond acceptors (Lipinski definition) is 5. The number of rotatable bonds is 8. The molecule has 0 spiro atoms. The summed E-state index contributed by atoms with van der Waals surface area (Å²) in [5, 5.41) is 12.4. The third-order valence-corrected chi connectivity index (χ3v) is 5.70. The minimum absolute atomic E-state index is 0.0760. The highest BCUT2D eigenvalue weighted by molar-refractivity contribution is 7.99. The van der Waals surface area contributed by atoms with Gasteiger partial charge in [0, 0.05) is 5.02 Å². The minimum Gasteiger partial charge on any atom is -0.494 e. The Morgan fingerprint density at radius 1 is 1.28 bits per heavy atom. The summed E-state index contributed by atoms with van der Waals surface area (Å²) in [4.78, 5) is 12.4. The summed E-state index contributed by atoms with van der Waals surface area (Å²) in [7, 11) is 0. The number of hydrogen-bond donors (Lipinski definition) is 1. The second kappa shape index (κ2) is 9.80. The largest absolute Gasteiger partial charge is 0.494 e. The van der Waals surface area contributed by atoms with Crippen molar-refractivity contribution in [2.75, 3.05) is 12.4 Å². The first-order valence-electron chi connectivity index (χ1n) is 9.29. The highest BCUT2D eigenvalue weighted by atomic mass is 35.5. The maximum atomic E-state index is 12.4. The number of nitrogens with zero attached hydrogens (tertiary/aromatic N) is 3. The zero-order chi connectivity index (χ0) is 20.8. The van der Waals surface area contributed by atoms with Crippen LogP contribution in [0.3, 0.4) is 0 Å².